The van der Waals surface area contributed by atoms with Gasteiger partial charge in [0.2, 0.25) is 0 Å². The Hall–Kier alpha value is -3.10. The summed E-state index contributed by atoms with van der Waals surface area (Å²) in [4.78, 5) is 10.9. The maximum atomic E-state index is 5.43. The number of rotatable bonds is 63. The van der Waals surface area contributed by atoms with E-state index in [1.165, 1.54) is 369 Å². The zero-order chi connectivity index (χ0) is 62.9. The van der Waals surface area contributed by atoms with Gasteiger partial charge in [-0.15, -0.1) is 0 Å². The molecule has 2 rings (SSSR count). The molecule has 0 saturated carbocycles. The van der Waals surface area contributed by atoms with Gasteiger partial charge in [-0.1, -0.05) is 387 Å². The van der Waals surface area contributed by atoms with Gasteiger partial charge in [0.25, 0.3) is 0 Å². The maximum Gasteiger partial charge on any atom is 0.148 e. The van der Waals surface area contributed by atoms with Crippen LogP contribution < -0.4 is 0 Å². The summed E-state index contributed by atoms with van der Waals surface area (Å²) in [5.74, 6) is 14.6. The molecule has 0 aliphatic rings. The van der Waals surface area contributed by atoms with Gasteiger partial charge >= 0.3 is 0 Å². The smallest absolute Gasteiger partial charge is 0.148 e. The summed E-state index contributed by atoms with van der Waals surface area (Å²) in [5, 5.41) is 0. The van der Waals surface area contributed by atoms with Gasteiger partial charge in [-0.3, -0.25) is 0 Å². The molecule has 2 aromatic carbocycles. The molecule has 0 saturated heterocycles. The van der Waals surface area contributed by atoms with Crippen LogP contribution in [-0.2, 0) is 25.7 Å². The lowest BCUT2D eigenvalue weighted by atomic mass is 9.97. The van der Waals surface area contributed by atoms with E-state index >= 15 is 0 Å². The van der Waals surface area contributed by atoms with Crippen LogP contribution in [-0.4, -0.2) is 11.4 Å². The minimum Gasteiger partial charge on any atom is -0.237 e. The third-order valence-electron chi connectivity index (χ3n) is 19.0. The van der Waals surface area contributed by atoms with E-state index in [4.69, 9.17) is 9.98 Å². The van der Waals surface area contributed by atoms with E-state index < -0.39 is 0 Å². The Bertz CT molecular complexity index is 2030. The summed E-state index contributed by atoms with van der Waals surface area (Å²) in [7, 11) is 0. The quantitative estimate of drug-likeness (QED) is 0.0358. The Morgan fingerprint density at radius 2 is 0.420 bits per heavy atom. The minimum atomic E-state index is 0.740. The minimum absolute atomic E-state index is 0.740. The van der Waals surface area contributed by atoms with Crippen molar-refractivity contribution in [3.8, 4) is 23.7 Å². The zero-order valence-electron chi connectivity index (χ0n) is 60.2. The maximum absolute atomic E-state index is 5.43. The number of aliphatic imine (C=N–C) groups is 2. The van der Waals surface area contributed by atoms with Crippen molar-refractivity contribution < 1.29 is 0 Å². The predicted molar refractivity (Wildman–Crippen MR) is 399 cm³/mol. The Balaban J connectivity index is 1.96. The molecule has 502 valence electrons. The molecule has 0 aliphatic carbocycles. The van der Waals surface area contributed by atoms with Crippen LogP contribution in [0, 0.1) is 23.7 Å². The molecule has 0 atom stereocenters. The highest BCUT2D eigenvalue weighted by Crippen LogP contribution is 2.26. The first kappa shape index (κ1) is 81.0. The molecule has 0 heterocycles. The second kappa shape index (κ2) is 64.0. The second-order valence-electron chi connectivity index (χ2n) is 27.6. The van der Waals surface area contributed by atoms with Crippen molar-refractivity contribution in [1.82, 2.24) is 0 Å². The molecule has 0 aromatic heterocycles. The van der Waals surface area contributed by atoms with Crippen LogP contribution >= 0.6 is 0 Å². The third-order valence-corrected chi connectivity index (χ3v) is 19.0. The average molecular weight is 1210 g/mol. The highest BCUT2D eigenvalue weighted by Gasteiger charge is 2.11. The van der Waals surface area contributed by atoms with Gasteiger partial charge in [0.05, 0.1) is 11.4 Å². The lowest BCUT2D eigenvalue weighted by Gasteiger charge is -2.11. The summed E-state index contributed by atoms with van der Waals surface area (Å²) in [6, 6.07) is 13.9. The molecule has 0 radical (unpaired) electrons. The molecule has 2 aromatic rings. The second-order valence-corrected chi connectivity index (χ2v) is 27.6. The molecule has 0 aliphatic heterocycles. The van der Waals surface area contributed by atoms with Crippen LogP contribution in [0.4, 0.5) is 11.4 Å². The largest absolute Gasteiger partial charge is 0.237 e. The van der Waals surface area contributed by atoms with Gasteiger partial charge in [0, 0.05) is 12.8 Å². The number of nitrogens with zero attached hydrogens (tertiary/aromatic N) is 2. The average Bonchev–Trinajstić information content (AvgIpc) is 2.51. The van der Waals surface area contributed by atoms with Gasteiger partial charge in [-0.25, -0.2) is 9.98 Å². The number of hydrogen-bond donors (Lipinski definition) is 0. The molecule has 2 nitrogen and oxygen atoms in total. The van der Waals surface area contributed by atoms with Crippen molar-refractivity contribution in [1.29, 1.82) is 0 Å². The first-order valence-electron chi connectivity index (χ1n) is 40.0. The monoisotopic (exact) mass is 1210 g/mol. The highest BCUT2D eigenvalue weighted by atomic mass is 14.8. The summed E-state index contributed by atoms with van der Waals surface area (Å²) in [5.41, 5.74) is 9.33. The summed E-state index contributed by atoms with van der Waals surface area (Å²) < 4.78 is 0. The fraction of sp³-hybridized carbons (Fsp3) is 0.791. The third kappa shape index (κ3) is 48.7. The SMILES string of the molecule is CCCCCCCCCCCCCCCCCCCCCCCCC#CC(=Nc1ccc(CCCC)c(CCCC)c1)C(C#CCCCCCCCCCCCCCCCCCCCCCCCCCCCC)=Nc1ccc(CCCC)c(CCCC)c1. The summed E-state index contributed by atoms with van der Waals surface area (Å²) in [6.07, 6.45) is 83.8. The normalized spacial score (nSPS) is 11.8. The lowest BCUT2D eigenvalue weighted by Crippen LogP contribution is -2.10. The Morgan fingerprint density at radius 1 is 0.227 bits per heavy atom. The van der Waals surface area contributed by atoms with Crippen molar-refractivity contribution in [3.63, 3.8) is 0 Å². The van der Waals surface area contributed by atoms with Crippen molar-refractivity contribution in [2.24, 2.45) is 9.98 Å². The fourth-order valence-corrected chi connectivity index (χ4v) is 13.0. The molecule has 0 spiro atoms. The molecule has 0 unspecified atom stereocenters. The molecule has 0 fully saturated rings. The van der Waals surface area contributed by atoms with Gasteiger partial charge in [0.1, 0.15) is 11.4 Å². The Labute approximate surface area is 551 Å². The fourth-order valence-electron chi connectivity index (χ4n) is 13.0. The van der Waals surface area contributed by atoms with Crippen LogP contribution in [0.25, 0.3) is 0 Å². The number of unbranched alkanes of at least 4 members (excludes halogenated alkanes) is 52. The van der Waals surface area contributed by atoms with Crippen LogP contribution in [0.1, 0.15) is 436 Å². The van der Waals surface area contributed by atoms with E-state index in [-0.39, 0.29) is 0 Å². The number of benzene rings is 2. The van der Waals surface area contributed by atoms with E-state index in [1.807, 2.05) is 0 Å². The van der Waals surface area contributed by atoms with E-state index in [2.05, 4.69) is 102 Å². The number of aryl methyl sites for hydroxylation is 4. The molecule has 2 heteroatoms. The van der Waals surface area contributed by atoms with E-state index in [0.29, 0.717) is 0 Å². The van der Waals surface area contributed by atoms with Gasteiger partial charge in [-0.2, -0.15) is 0 Å². The van der Waals surface area contributed by atoms with Crippen molar-refractivity contribution in [2.75, 3.05) is 0 Å². The topological polar surface area (TPSA) is 24.7 Å². The van der Waals surface area contributed by atoms with E-state index in [0.717, 1.165) is 74.2 Å². The molecular formula is C86H148N2. The Morgan fingerprint density at radius 3 is 0.636 bits per heavy atom. The standard InChI is InChI=1S/C86H148N2/c1-7-13-19-21-23-25-27-29-31-33-35-37-39-41-42-43-44-46-48-50-52-54-56-58-60-62-64-66-72-86(88-84-76-74-80(68-16-10-4)82(78-84)70-18-12-6)85(87-83-75-73-79(67-15-9-3)81(77-83)69-17-11-5)71-65-63-61-59-57-55-53-51-49-47-45-40-38-36-34-32-30-28-26-24-22-20-14-8-2/h73-78H,7-64,67-70H2,1-6H3. The van der Waals surface area contributed by atoms with Crippen molar-refractivity contribution in [3.05, 3.63) is 58.7 Å². The van der Waals surface area contributed by atoms with Crippen LogP contribution in [0.15, 0.2) is 46.4 Å². The highest BCUT2D eigenvalue weighted by molar-refractivity contribution is 6.55. The first-order chi connectivity index (χ1) is 43.6. The summed E-state index contributed by atoms with van der Waals surface area (Å²) >= 11 is 0. The number of hydrogen-bond acceptors (Lipinski definition) is 2. The zero-order valence-corrected chi connectivity index (χ0v) is 60.2. The molecule has 0 amide bonds. The van der Waals surface area contributed by atoms with Crippen molar-refractivity contribution >= 4 is 22.8 Å². The molecular weight excluding hydrogens is 1060 g/mol. The predicted octanol–water partition coefficient (Wildman–Crippen LogP) is 29.5. The van der Waals surface area contributed by atoms with E-state index in [1.54, 1.807) is 0 Å². The molecule has 88 heavy (non-hydrogen) atoms. The van der Waals surface area contributed by atoms with Crippen LogP contribution in [0.3, 0.4) is 0 Å². The Kier molecular flexibility index (Phi) is 58.9. The first-order valence-corrected chi connectivity index (χ1v) is 40.0. The van der Waals surface area contributed by atoms with Crippen LogP contribution in [0.5, 0.6) is 0 Å². The van der Waals surface area contributed by atoms with E-state index in [9.17, 15) is 0 Å². The molecule has 0 bridgehead atoms. The molecule has 0 N–H and O–H groups in total. The summed E-state index contributed by atoms with van der Waals surface area (Å²) in [6.45, 7) is 13.8. The van der Waals surface area contributed by atoms with Gasteiger partial charge in [0.15, 0.2) is 0 Å². The van der Waals surface area contributed by atoms with Gasteiger partial charge < -0.3 is 0 Å². The lowest BCUT2D eigenvalue weighted by molar-refractivity contribution is 0.515. The van der Waals surface area contributed by atoms with Crippen molar-refractivity contribution in [2.45, 2.75) is 440 Å². The van der Waals surface area contributed by atoms with Crippen LogP contribution in [0.2, 0.25) is 0 Å². The van der Waals surface area contributed by atoms with Gasteiger partial charge in [-0.05, 0) is 123 Å².